The standard InChI is InChI=1S/C6H10O2.2C3H6O/c1-3-7-6-2-4-8-5(1)6;2*1-2-3-4/h5-6H,1-4H2;2*2,4H,1,3H2/t5-,6-;;/m1../s1. The summed E-state index contributed by atoms with van der Waals surface area (Å²) in [5.74, 6) is 0. The molecule has 0 bridgehead atoms. The molecule has 0 unspecified atom stereocenters. The predicted octanol–water partition coefficient (Wildman–Crippen LogP) is 0.894. The number of ether oxygens (including phenoxy) is 2. The Morgan fingerprint density at radius 3 is 1.50 bits per heavy atom. The van der Waals surface area contributed by atoms with E-state index in [2.05, 4.69) is 13.2 Å². The highest BCUT2D eigenvalue weighted by molar-refractivity contribution is 4.81. The summed E-state index contributed by atoms with van der Waals surface area (Å²) < 4.78 is 10.7. The molecule has 2 heterocycles. The van der Waals surface area contributed by atoms with Crippen molar-refractivity contribution < 1.29 is 19.7 Å². The largest absolute Gasteiger partial charge is 0.392 e. The first-order valence-corrected chi connectivity index (χ1v) is 5.46. The molecule has 2 rings (SSSR count). The molecule has 4 nitrogen and oxygen atoms in total. The lowest BCUT2D eigenvalue weighted by Gasteiger charge is -2.03. The van der Waals surface area contributed by atoms with Crippen molar-refractivity contribution in [3.05, 3.63) is 25.3 Å². The monoisotopic (exact) mass is 230 g/mol. The molecule has 0 saturated carbocycles. The summed E-state index contributed by atoms with van der Waals surface area (Å²) in [6, 6.07) is 0. The third-order valence-corrected chi connectivity index (χ3v) is 2.14. The number of fused-ring (bicyclic) bond motifs is 1. The van der Waals surface area contributed by atoms with Crippen molar-refractivity contribution in [3.8, 4) is 0 Å². The van der Waals surface area contributed by atoms with Gasteiger partial charge in [-0.1, -0.05) is 12.2 Å². The van der Waals surface area contributed by atoms with Crippen molar-refractivity contribution >= 4 is 0 Å². The minimum Gasteiger partial charge on any atom is -0.392 e. The minimum atomic E-state index is 0.0833. The molecule has 2 aliphatic heterocycles. The summed E-state index contributed by atoms with van der Waals surface area (Å²) in [6.45, 7) is 8.45. The van der Waals surface area contributed by atoms with Crippen LogP contribution in [0.4, 0.5) is 0 Å². The molecule has 0 radical (unpaired) electrons. The van der Waals surface area contributed by atoms with Gasteiger partial charge in [0.1, 0.15) is 0 Å². The molecular weight excluding hydrogens is 208 g/mol. The average Bonchev–Trinajstić information content (AvgIpc) is 2.92. The van der Waals surface area contributed by atoms with Crippen molar-refractivity contribution in [1.29, 1.82) is 0 Å². The molecule has 4 heteroatoms. The molecule has 16 heavy (non-hydrogen) atoms. The molecule has 0 amide bonds. The van der Waals surface area contributed by atoms with Gasteiger partial charge in [-0.2, -0.15) is 0 Å². The summed E-state index contributed by atoms with van der Waals surface area (Å²) in [5.41, 5.74) is 0. The SMILES string of the molecule is C1C[C@H]2OCC[C@H]2O1.C=CCO.C=CCO. The molecule has 0 aromatic carbocycles. The molecule has 2 atom stereocenters. The first-order valence-electron chi connectivity index (χ1n) is 5.46. The van der Waals surface area contributed by atoms with Crippen LogP contribution in [0.25, 0.3) is 0 Å². The van der Waals surface area contributed by atoms with Crippen molar-refractivity contribution in [2.24, 2.45) is 0 Å². The number of aliphatic hydroxyl groups is 2. The highest BCUT2D eigenvalue weighted by Gasteiger charge is 2.33. The quantitative estimate of drug-likeness (QED) is 0.692. The Kier molecular flexibility index (Phi) is 10.4. The van der Waals surface area contributed by atoms with Crippen molar-refractivity contribution in [2.45, 2.75) is 25.0 Å². The van der Waals surface area contributed by atoms with Crippen molar-refractivity contribution in [1.82, 2.24) is 0 Å². The van der Waals surface area contributed by atoms with Gasteiger partial charge in [-0.15, -0.1) is 13.2 Å². The van der Waals surface area contributed by atoms with Gasteiger partial charge in [0.05, 0.1) is 25.4 Å². The third-order valence-electron chi connectivity index (χ3n) is 2.14. The molecule has 0 aromatic heterocycles. The molecule has 2 fully saturated rings. The second-order valence-electron chi connectivity index (χ2n) is 3.34. The Labute approximate surface area is 97.2 Å². The van der Waals surface area contributed by atoms with Crippen LogP contribution in [0.5, 0.6) is 0 Å². The fourth-order valence-corrected chi connectivity index (χ4v) is 1.42. The van der Waals surface area contributed by atoms with E-state index in [1.807, 2.05) is 0 Å². The number of hydrogen-bond acceptors (Lipinski definition) is 4. The molecule has 0 spiro atoms. The summed E-state index contributed by atoms with van der Waals surface area (Å²) in [5, 5.41) is 15.5. The first-order chi connectivity index (χ1) is 7.79. The van der Waals surface area contributed by atoms with Gasteiger partial charge in [0.25, 0.3) is 0 Å². The van der Waals surface area contributed by atoms with Crippen LogP contribution < -0.4 is 0 Å². The maximum atomic E-state index is 7.76. The fraction of sp³-hybridized carbons (Fsp3) is 0.667. The number of hydrogen-bond donors (Lipinski definition) is 2. The molecule has 0 aromatic rings. The molecule has 2 aliphatic rings. The lowest BCUT2D eigenvalue weighted by molar-refractivity contribution is 0.0732. The molecular formula is C12H22O4. The maximum Gasteiger partial charge on any atom is 0.0859 e. The van der Waals surface area contributed by atoms with Crippen LogP contribution in [-0.4, -0.2) is 48.8 Å². The van der Waals surface area contributed by atoms with Crippen molar-refractivity contribution in [3.63, 3.8) is 0 Å². The van der Waals surface area contributed by atoms with E-state index in [1.54, 1.807) is 0 Å². The van der Waals surface area contributed by atoms with Gasteiger partial charge in [-0.25, -0.2) is 0 Å². The second kappa shape index (κ2) is 10.8. The van der Waals surface area contributed by atoms with Crippen LogP contribution in [-0.2, 0) is 9.47 Å². The molecule has 0 aliphatic carbocycles. The van der Waals surface area contributed by atoms with Crippen LogP contribution in [0.3, 0.4) is 0 Å². The Hall–Kier alpha value is -0.680. The summed E-state index contributed by atoms with van der Waals surface area (Å²) >= 11 is 0. The summed E-state index contributed by atoms with van der Waals surface area (Å²) in [4.78, 5) is 0. The smallest absolute Gasteiger partial charge is 0.0859 e. The Morgan fingerprint density at radius 2 is 1.25 bits per heavy atom. The predicted molar refractivity (Wildman–Crippen MR) is 63.3 cm³/mol. The number of aliphatic hydroxyl groups excluding tert-OH is 2. The van der Waals surface area contributed by atoms with E-state index >= 15 is 0 Å². The van der Waals surface area contributed by atoms with Crippen LogP contribution in [0.1, 0.15) is 12.8 Å². The lowest BCUT2D eigenvalue weighted by Crippen LogP contribution is -2.13. The number of rotatable bonds is 2. The van der Waals surface area contributed by atoms with Crippen LogP contribution >= 0.6 is 0 Å². The van der Waals surface area contributed by atoms with Gasteiger partial charge in [0, 0.05) is 13.2 Å². The van der Waals surface area contributed by atoms with E-state index < -0.39 is 0 Å². The normalized spacial score (nSPS) is 25.6. The fourth-order valence-electron chi connectivity index (χ4n) is 1.42. The summed E-state index contributed by atoms with van der Waals surface area (Å²) in [7, 11) is 0. The zero-order valence-corrected chi connectivity index (χ0v) is 9.68. The topological polar surface area (TPSA) is 58.9 Å². The van der Waals surface area contributed by atoms with Gasteiger partial charge >= 0.3 is 0 Å². The molecule has 94 valence electrons. The first kappa shape index (κ1) is 15.3. The maximum absolute atomic E-state index is 7.76. The van der Waals surface area contributed by atoms with Gasteiger partial charge in [0.15, 0.2) is 0 Å². The Balaban J connectivity index is 0.000000244. The highest BCUT2D eigenvalue weighted by atomic mass is 16.6. The van der Waals surface area contributed by atoms with E-state index in [0.717, 1.165) is 26.1 Å². The van der Waals surface area contributed by atoms with E-state index in [1.165, 1.54) is 12.2 Å². The zero-order valence-electron chi connectivity index (χ0n) is 9.68. The third kappa shape index (κ3) is 6.74. The van der Waals surface area contributed by atoms with Gasteiger partial charge < -0.3 is 19.7 Å². The van der Waals surface area contributed by atoms with E-state index in [9.17, 15) is 0 Å². The van der Waals surface area contributed by atoms with Gasteiger partial charge in [0.2, 0.25) is 0 Å². The Bertz CT molecular complexity index is 154. The van der Waals surface area contributed by atoms with Gasteiger partial charge in [-0.05, 0) is 12.8 Å². The molecule has 2 N–H and O–H groups in total. The second-order valence-corrected chi connectivity index (χ2v) is 3.34. The minimum absolute atomic E-state index is 0.0833. The van der Waals surface area contributed by atoms with Crippen LogP contribution in [0.2, 0.25) is 0 Å². The van der Waals surface area contributed by atoms with Gasteiger partial charge in [-0.3, -0.25) is 0 Å². The van der Waals surface area contributed by atoms with E-state index in [-0.39, 0.29) is 13.2 Å². The molecule has 2 saturated heterocycles. The zero-order chi connectivity index (χ0) is 12.2. The van der Waals surface area contributed by atoms with Crippen LogP contribution in [0, 0.1) is 0 Å². The highest BCUT2D eigenvalue weighted by Crippen LogP contribution is 2.25. The average molecular weight is 230 g/mol. The van der Waals surface area contributed by atoms with E-state index in [4.69, 9.17) is 19.7 Å². The van der Waals surface area contributed by atoms with E-state index in [0.29, 0.717) is 12.2 Å². The van der Waals surface area contributed by atoms with Crippen molar-refractivity contribution in [2.75, 3.05) is 26.4 Å². The van der Waals surface area contributed by atoms with Crippen LogP contribution in [0.15, 0.2) is 25.3 Å². The lowest BCUT2D eigenvalue weighted by atomic mass is 10.2. The summed E-state index contributed by atoms with van der Waals surface area (Å²) in [6.07, 6.45) is 6.00. The Morgan fingerprint density at radius 1 is 0.938 bits per heavy atom.